The number of hydrogen-bond acceptors (Lipinski definition) is 5. The SMILES string of the molecule is OC(O)[C@@H]1CCC1[C@@H](O)[C@]1(O)CCO1. The molecule has 2 aliphatic rings. The van der Waals surface area contributed by atoms with E-state index in [1.165, 1.54) is 0 Å². The summed E-state index contributed by atoms with van der Waals surface area (Å²) in [5.74, 6) is -2.04. The first-order valence-corrected chi connectivity index (χ1v) is 4.95. The lowest BCUT2D eigenvalue weighted by atomic mass is 9.67. The topological polar surface area (TPSA) is 90.2 Å². The highest BCUT2D eigenvalue weighted by atomic mass is 16.7. The molecule has 1 saturated carbocycles. The van der Waals surface area contributed by atoms with Crippen molar-refractivity contribution in [3.8, 4) is 0 Å². The average Bonchev–Trinajstić information content (AvgIpc) is 1.96. The molecule has 1 unspecified atom stereocenters. The number of hydrogen-bond donors (Lipinski definition) is 4. The minimum absolute atomic E-state index is 0.264. The zero-order chi connectivity index (χ0) is 10.3. The molecule has 1 saturated heterocycles. The largest absolute Gasteiger partial charge is 0.387 e. The maximum Gasteiger partial charge on any atom is 0.194 e. The second-order valence-corrected chi connectivity index (χ2v) is 4.21. The lowest BCUT2D eigenvalue weighted by molar-refractivity contribution is -0.343. The van der Waals surface area contributed by atoms with E-state index in [0.29, 0.717) is 25.9 Å². The van der Waals surface area contributed by atoms with Crippen molar-refractivity contribution in [1.82, 2.24) is 0 Å². The molecule has 4 atom stereocenters. The van der Waals surface area contributed by atoms with Crippen LogP contribution in [-0.2, 0) is 4.74 Å². The Kier molecular flexibility index (Phi) is 2.53. The molecule has 0 aromatic rings. The summed E-state index contributed by atoms with van der Waals surface area (Å²) in [5.41, 5.74) is 0. The first-order valence-electron chi connectivity index (χ1n) is 4.95. The molecule has 1 aliphatic carbocycles. The van der Waals surface area contributed by atoms with Crippen molar-refractivity contribution in [2.75, 3.05) is 6.61 Å². The van der Waals surface area contributed by atoms with Crippen LogP contribution < -0.4 is 0 Å². The van der Waals surface area contributed by atoms with E-state index in [1.54, 1.807) is 0 Å². The van der Waals surface area contributed by atoms with Gasteiger partial charge in [0.05, 0.1) is 6.61 Å². The van der Waals surface area contributed by atoms with E-state index in [1.807, 2.05) is 0 Å². The van der Waals surface area contributed by atoms with Crippen LogP contribution in [0.5, 0.6) is 0 Å². The van der Waals surface area contributed by atoms with Gasteiger partial charge in [0, 0.05) is 12.3 Å². The van der Waals surface area contributed by atoms with E-state index in [-0.39, 0.29) is 11.8 Å². The van der Waals surface area contributed by atoms with Crippen LogP contribution in [0.2, 0.25) is 0 Å². The summed E-state index contributed by atoms with van der Waals surface area (Å²) in [6, 6.07) is 0. The van der Waals surface area contributed by atoms with Gasteiger partial charge in [-0.2, -0.15) is 0 Å². The Morgan fingerprint density at radius 3 is 2.00 bits per heavy atom. The highest BCUT2D eigenvalue weighted by Crippen LogP contribution is 2.44. The third-order valence-electron chi connectivity index (χ3n) is 3.45. The Labute approximate surface area is 81.9 Å². The summed E-state index contributed by atoms with van der Waals surface area (Å²) in [5, 5.41) is 37.4. The quantitative estimate of drug-likeness (QED) is 0.433. The van der Waals surface area contributed by atoms with Gasteiger partial charge in [-0.1, -0.05) is 0 Å². The van der Waals surface area contributed by atoms with Crippen LogP contribution >= 0.6 is 0 Å². The lowest BCUT2D eigenvalue weighted by Crippen LogP contribution is -2.59. The van der Waals surface area contributed by atoms with Gasteiger partial charge in [-0.3, -0.25) is 0 Å². The van der Waals surface area contributed by atoms with Gasteiger partial charge in [-0.05, 0) is 18.8 Å². The van der Waals surface area contributed by atoms with Gasteiger partial charge in [0.2, 0.25) is 0 Å². The van der Waals surface area contributed by atoms with Gasteiger partial charge in [0.15, 0.2) is 12.1 Å². The third kappa shape index (κ3) is 1.45. The van der Waals surface area contributed by atoms with Crippen LogP contribution in [-0.4, -0.2) is 45.2 Å². The van der Waals surface area contributed by atoms with Gasteiger partial charge < -0.3 is 25.2 Å². The van der Waals surface area contributed by atoms with Crippen LogP contribution in [0.3, 0.4) is 0 Å². The summed E-state index contributed by atoms with van der Waals surface area (Å²) in [4.78, 5) is 0. The van der Waals surface area contributed by atoms with Crippen LogP contribution in [0, 0.1) is 11.8 Å². The summed E-state index contributed by atoms with van der Waals surface area (Å²) in [7, 11) is 0. The van der Waals surface area contributed by atoms with Gasteiger partial charge in [-0.15, -0.1) is 0 Å². The van der Waals surface area contributed by atoms with Crippen molar-refractivity contribution >= 4 is 0 Å². The smallest absolute Gasteiger partial charge is 0.194 e. The summed E-state index contributed by atoms with van der Waals surface area (Å²) in [6.45, 7) is 0.451. The zero-order valence-electron chi connectivity index (χ0n) is 7.83. The molecule has 0 radical (unpaired) electrons. The average molecular weight is 204 g/mol. The highest BCUT2D eigenvalue weighted by molar-refractivity contribution is 4.95. The molecule has 1 heterocycles. The predicted molar refractivity (Wildman–Crippen MR) is 46.0 cm³/mol. The molecular weight excluding hydrogens is 188 g/mol. The molecule has 0 bridgehead atoms. The van der Waals surface area contributed by atoms with Crippen molar-refractivity contribution in [3.63, 3.8) is 0 Å². The minimum Gasteiger partial charge on any atom is -0.387 e. The van der Waals surface area contributed by atoms with E-state index in [2.05, 4.69) is 0 Å². The molecule has 5 nitrogen and oxygen atoms in total. The molecule has 0 aromatic carbocycles. The molecule has 14 heavy (non-hydrogen) atoms. The first kappa shape index (κ1) is 10.3. The second-order valence-electron chi connectivity index (χ2n) is 4.21. The van der Waals surface area contributed by atoms with E-state index in [0.717, 1.165) is 0 Å². The predicted octanol–water partition coefficient (Wildman–Crippen LogP) is -1.21. The van der Waals surface area contributed by atoms with Gasteiger partial charge in [0.1, 0.15) is 6.10 Å². The first-order chi connectivity index (χ1) is 6.54. The van der Waals surface area contributed by atoms with Crippen molar-refractivity contribution < 1.29 is 25.2 Å². The number of ether oxygens (including phenoxy) is 1. The maximum absolute atomic E-state index is 9.77. The monoisotopic (exact) mass is 204 g/mol. The van der Waals surface area contributed by atoms with E-state index in [9.17, 15) is 10.2 Å². The number of aliphatic hydroxyl groups excluding tert-OH is 2. The molecule has 5 heteroatoms. The Bertz CT molecular complexity index is 213. The van der Waals surface area contributed by atoms with Crippen LogP contribution in [0.1, 0.15) is 19.3 Å². The third-order valence-corrected chi connectivity index (χ3v) is 3.45. The summed E-state index contributed by atoms with van der Waals surface area (Å²) >= 11 is 0. The molecule has 2 rings (SSSR count). The fraction of sp³-hybridized carbons (Fsp3) is 1.00. The van der Waals surface area contributed by atoms with Crippen LogP contribution in [0.25, 0.3) is 0 Å². The summed E-state index contributed by atoms with van der Waals surface area (Å²) < 4.78 is 4.91. The van der Waals surface area contributed by atoms with E-state index in [4.69, 9.17) is 14.9 Å². The van der Waals surface area contributed by atoms with Crippen molar-refractivity contribution in [1.29, 1.82) is 0 Å². The molecular formula is C9H16O5. The zero-order valence-corrected chi connectivity index (χ0v) is 7.83. The van der Waals surface area contributed by atoms with Crippen molar-refractivity contribution in [2.24, 2.45) is 11.8 Å². The highest BCUT2D eigenvalue weighted by Gasteiger charge is 2.52. The van der Waals surface area contributed by atoms with Crippen LogP contribution in [0.15, 0.2) is 0 Å². The molecule has 82 valence electrons. The Hall–Kier alpha value is -0.200. The maximum atomic E-state index is 9.77. The number of aliphatic hydroxyl groups is 4. The fourth-order valence-electron chi connectivity index (χ4n) is 2.19. The molecule has 0 aromatic heterocycles. The second kappa shape index (κ2) is 3.43. The Morgan fingerprint density at radius 2 is 1.71 bits per heavy atom. The molecule has 2 fully saturated rings. The van der Waals surface area contributed by atoms with Gasteiger partial charge in [0.25, 0.3) is 0 Å². The number of rotatable bonds is 3. The van der Waals surface area contributed by atoms with Crippen LogP contribution in [0.4, 0.5) is 0 Å². The summed E-state index contributed by atoms with van der Waals surface area (Å²) in [6.07, 6.45) is -0.618. The minimum atomic E-state index is -1.45. The van der Waals surface area contributed by atoms with Gasteiger partial charge in [-0.25, -0.2) is 0 Å². The molecule has 4 N–H and O–H groups in total. The van der Waals surface area contributed by atoms with Crippen molar-refractivity contribution in [3.05, 3.63) is 0 Å². The molecule has 0 spiro atoms. The van der Waals surface area contributed by atoms with E-state index < -0.39 is 18.2 Å². The molecule has 1 aliphatic heterocycles. The fourth-order valence-corrected chi connectivity index (χ4v) is 2.19. The molecule has 0 amide bonds. The van der Waals surface area contributed by atoms with E-state index >= 15 is 0 Å². The van der Waals surface area contributed by atoms with Gasteiger partial charge >= 0.3 is 0 Å². The Balaban J connectivity index is 1.95. The van der Waals surface area contributed by atoms with Crippen molar-refractivity contribution in [2.45, 2.75) is 37.4 Å². The lowest BCUT2D eigenvalue weighted by Gasteiger charge is -2.49. The Morgan fingerprint density at radius 1 is 1.14 bits per heavy atom. The normalized spacial score (nSPS) is 44.4. The standard InChI is InChI=1S/C9H16O5/c10-7(9(13)3-4-14-9)5-1-2-6(5)8(11)12/h5-8,10-13H,1-4H2/t5?,6-,7-,9+/m1/s1.